The summed E-state index contributed by atoms with van der Waals surface area (Å²) in [7, 11) is 3.29. The van der Waals surface area contributed by atoms with Gasteiger partial charge < -0.3 is 24.1 Å². The lowest BCUT2D eigenvalue weighted by Crippen LogP contribution is -2.27. The predicted octanol–water partition coefficient (Wildman–Crippen LogP) is 3.32. The van der Waals surface area contributed by atoms with Crippen molar-refractivity contribution in [3.63, 3.8) is 0 Å². The minimum Gasteiger partial charge on any atom is -0.507 e. The van der Waals surface area contributed by atoms with Crippen molar-refractivity contribution in [2.75, 3.05) is 34.1 Å². The van der Waals surface area contributed by atoms with Gasteiger partial charge in [-0.1, -0.05) is 0 Å². The maximum atomic E-state index is 10.7. The Balaban J connectivity index is 1.84. The van der Waals surface area contributed by atoms with Crippen LogP contribution in [-0.4, -0.2) is 44.1 Å². The van der Waals surface area contributed by atoms with Crippen LogP contribution >= 0.6 is 0 Å². The number of fused-ring (bicyclic) bond motifs is 1. The predicted molar refractivity (Wildman–Crippen MR) is 96.4 cm³/mol. The molecule has 2 aromatic carbocycles. The van der Waals surface area contributed by atoms with Gasteiger partial charge in [-0.3, -0.25) is 4.90 Å². The highest BCUT2D eigenvalue weighted by Gasteiger charge is 2.31. The lowest BCUT2D eigenvalue weighted by atomic mass is 9.95. The summed E-state index contributed by atoms with van der Waals surface area (Å²) in [5.41, 5.74) is 1.78. The molecule has 2 aromatic rings. The molecular formula is C20H23NO5. The van der Waals surface area contributed by atoms with Crippen molar-refractivity contribution in [1.29, 1.82) is 0 Å². The quantitative estimate of drug-likeness (QED) is 0.886. The molecule has 0 aromatic heterocycles. The van der Waals surface area contributed by atoms with E-state index >= 15 is 0 Å². The summed E-state index contributed by atoms with van der Waals surface area (Å²) >= 11 is 0. The Labute approximate surface area is 152 Å². The summed E-state index contributed by atoms with van der Waals surface area (Å²) < 4.78 is 21.9. The van der Waals surface area contributed by atoms with Crippen molar-refractivity contribution in [1.82, 2.24) is 4.90 Å². The zero-order valence-corrected chi connectivity index (χ0v) is 15.0. The summed E-state index contributed by atoms with van der Waals surface area (Å²) in [5.74, 6) is 2.91. The standard InChI is InChI=1S/C20H23NO5/c1-23-13-5-6-14(17(9-13)24-2)20(21-7-3-4-8-21)15-10-18-19(11-16(15)22)26-12-25-18/h5-6,9-11,20,22H,3-4,7-8,12H2,1-2H3/t20-/m0/s1. The number of benzene rings is 2. The third-order valence-electron chi connectivity index (χ3n) is 5.06. The smallest absolute Gasteiger partial charge is 0.231 e. The maximum Gasteiger partial charge on any atom is 0.231 e. The van der Waals surface area contributed by atoms with Crippen LogP contribution in [0.1, 0.15) is 30.0 Å². The zero-order chi connectivity index (χ0) is 18.1. The van der Waals surface area contributed by atoms with Crippen molar-refractivity contribution in [2.45, 2.75) is 18.9 Å². The van der Waals surface area contributed by atoms with Crippen molar-refractivity contribution < 1.29 is 24.1 Å². The Kier molecular flexibility index (Phi) is 4.51. The number of nitrogens with zero attached hydrogens (tertiary/aromatic N) is 1. The van der Waals surface area contributed by atoms with Crippen molar-refractivity contribution in [3.05, 3.63) is 41.5 Å². The molecule has 1 atom stereocenters. The van der Waals surface area contributed by atoms with Crippen LogP contribution in [0.15, 0.2) is 30.3 Å². The molecule has 2 aliphatic rings. The van der Waals surface area contributed by atoms with E-state index in [1.807, 2.05) is 24.3 Å². The van der Waals surface area contributed by atoms with Gasteiger partial charge in [-0.05, 0) is 44.1 Å². The highest BCUT2D eigenvalue weighted by Crippen LogP contribution is 2.46. The maximum absolute atomic E-state index is 10.7. The molecule has 0 radical (unpaired) electrons. The summed E-state index contributed by atoms with van der Waals surface area (Å²) in [6.45, 7) is 2.11. The van der Waals surface area contributed by atoms with E-state index in [0.717, 1.165) is 48.6 Å². The highest BCUT2D eigenvalue weighted by atomic mass is 16.7. The van der Waals surface area contributed by atoms with Gasteiger partial charge in [-0.15, -0.1) is 0 Å². The number of hydrogen-bond donors (Lipinski definition) is 1. The van der Waals surface area contributed by atoms with Crippen LogP contribution < -0.4 is 18.9 Å². The van der Waals surface area contributed by atoms with Crippen molar-refractivity contribution in [3.8, 4) is 28.7 Å². The third kappa shape index (κ3) is 2.90. The van der Waals surface area contributed by atoms with E-state index in [-0.39, 0.29) is 18.6 Å². The molecule has 2 aliphatic heterocycles. The first-order valence-electron chi connectivity index (χ1n) is 8.79. The molecule has 138 valence electrons. The molecule has 6 nitrogen and oxygen atoms in total. The fourth-order valence-electron chi connectivity index (χ4n) is 3.77. The second-order valence-corrected chi connectivity index (χ2v) is 6.52. The van der Waals surface area contributed by atoms with Gasteiger partial charge in [0.1, 0.15) is 17.2 Å². The number of ether oxygens (including phenoxy) is 4. The van der Waals surface area contributed by atoms with E-state index in [4.69, 9.17) is 18.9 Å². The van der Waals surface area contributed by atoms with E-state index in [9.17, 15) is 5.11 Å². The molecule has 2 heterocycles. The molecule has 4 rings (SSSR count). The SMILES string of the molecule is COc1ccc([C@@H](c2cc3c(cc2O)OCO3)N2CCCC2)c(OC)c1. The van der Waals surface area contributed by atoms with Gasteiger partial charge in [0.25, 0.3) is 0 Å². The molecule has 1 fully saturated rings. The number of phenolic OH excluding ortho intramolecular Hbond substituents is 1. The molecule has 26 heavy (non-hydrogen) atoms. The van der Waals surface area contributed by atoms with Gasteiger partial charge >= 0.3 is 0 Å². The molecule has 1 saturated heterocycles. The lowest BCUT2D eigenvalue weighted by Gasteiger charge is -2.30. The van der Waals surface area contributed by atoms with Gasteiger partial charge in [-0.25, -0.2) is 0 Å². The monoisotopic (exact) mass is 357 g/mol. The van der Waals surface area contributed by atoms with Crippen LogP contribution in [0.5, 0.6) is 28.7 Å². The van der Waals surface area contributed by atoms with Gasteiger partial charge in [0.2, 0.25) is 6.79 Å². The third-order valence-corrected chi connectivity index (χ3v) is 5.06. The number of likely N-dealkylation sites (tertiary alicyclic amines) is 1. The largest absolute Gasteiger partial charge is 0.507 e. The Morgan fingerprint density at radius 2 is 1.69 bits per heavy atom. The van der Waals surface area contributed by atoms with E-state index in [1.165, 1.54) is 0 Å². The van der Waals surface area contributed by atoms with Gasteiger partial charge in [0.05, 0.1) is 20.3 Å². The number of hydrogen-bond acceptors (Lipinski definition) is 6. The van der Waals surface area contributed by atoms with E-state index in [1.54, 1.807) is 20.3 Å². The van der Waals surface area contributed by atoms with Gasteiger partial charge in [-0.2, -0.15) is 0 Å². The Bertz CT molecular complexity index is 801. The average Bonchev–Trinajstić information content (AvgIpc) is 3.34. The van der Waals surface area contributed by atoms with Crippen LogP contribution in [-0.2, 0) is 0 Å². The molecule has 6 heteroatoms. The van der Waals surface area contributed by atoms with Crippen LogP contribution in [0.3, 0.4) is 0 Å². The summed E-state index contributed by atoms with van der Waals surface area (Å²) in [4.78, 5) is 2.36. The van der Waals surface area contributed by atoms with E-state index < -0.39 is 0 Å². The average molecular weight is 357 g/mol. The Morgan fingerprint density at radius 1 is 0.962 bits per heavy atom. The van der Waals surface area contributed by atoms with Crippen LogP contribution in [0, 0.1) is 0 Å². The van der Waals surface area contributed by atoms with Crippen LogP contribution in [0.25, 0.3) is 0 Å². The first kappa shape index (κ1) is 16.8. The van der Waals surface area contributed by atoms with Crippen molar-refractivity contribution in [2.24, 2.45) is 0 Å². The lowest BCUT2D eigenvalue weighted by molar-refractivity contribution is 0.173. The molecule has 0 unspecified atom stereocenters. The Morgan fingerprint density at radius 3 is 2.38 bits per heavy atom. The molecule has 0 aliphatic carbocycles. The van der Waals surface area contributed by atoms with E-state index in [0.29, 0.717) is 11.5 Å². The fraction of sp³-hybridized carbons (Fsp3) is 0.400. The Hall–Kier alpha value is -2.60. The van der Waals surface area contributed by atoms with E-state index in [2.05, 4.69) is 4.90 Å². The highest BCUT2D eigenvalue weighted by molar-refractivity contribution is 5.56. The topological polar surface area (TPSA) is 60.4 Å². The van der Waals surface area contributed by atoms with Crippen molar-refractivity contribution >= 4 is 0 Å². The summed E-state index contributed by atoms with van der Waals surface area (Å²) in [6, 6.07) is 9.19. The van der Waals surface area contributed by atoms with Gasteiger partial charge in [0, 0.05) is 23.3 Å². The molecule has 0 saturated carbocycles. The molecule has 0 bridgehead atoms. The van der Waals surface area contributed by atoms with Crippen LogP contribution in [0.2, 0.25) is 0 Å². The van der Waals surface area contributed by atoms with Gasteiger partial charge in [0.15, 0.2) is 11.5 Å². The number of phenols is 1. The fourth-order valence-corrected chi connectivity index (χ4v) is 3.77. The summed E-state index contributed by atoms with van der Waals surface area (Å²) in [6.07, 6.45) is 2.28. The molecule has 0 amide bonds. The summed E-state index contributed by atoms with van der Waals surface area (Å²) in [5, 5.41) is 10.7. The normalized spacial score (nSPS) is 17.3. The first-order valence-corrected chi connectivity index (χ1v) is 8.79. The minimum atomic E-state index is -0.132. The molecule has 0 spiro atoms. The van der Waals surface area contributed by atoms with Crippen LogP contribution in [0.4, 0.5) is 0 Å². The number of methoxy groups -OCH3 is 2. The number of aromatic hydroxyl groups is 1. The second kappa shape index (κ2) is 6.96. The zero-order valence-electron chi connectivity index (χ0n) is 15.0. The first-order chi connectivity index (χ1) is 12.7. The molecule has 1 N–H and O–H groups in total. The minimum absolute atomic E-state index is 0.132. The second-order valence-electron chi connectivity index (χ2n) is 6.52. The molecular weight excluding hydrogens is 334 g/mol. The number of rotatable bonds is 5.